The second-order valence-electron chi connectivity index (χ2n) is 7.74. The minimum absolute atomic E-state index is 0.0682. The fourth-order valence-electron chi connectivity index (χ4n) is 3.47. The molecule has 0 bridgehead atoms. The summed E-state index contributed by atoms with van der Waals surface area (Å²) in [5.41, 5.74) is 9.66. The monoisotopic (exact) mass is 489 g/mol. The summed E-state index contributed by atoms with van der Waals surface area (Å²) < 4.78 is 1.54. The lowest BCUT2D eigenvalue weighted by molar-refractivity contribution is 0.307. The molecule has 4 N–H and O–H groups in total. The number of allylic oxidation sites excluding steroid dienone is 1. The minimum atomic E-state index is -0.0797. The SMILES string of the molecule is Cn1cc(-c2ccc3nc(C(C=NCCO)=CN)nc(NCc4cncc(Cl)c4)c3c2)ccc1=O. The van der Waals surface area contributed by atoms with Gasteiger partial charge in [0.2, 0.25) is 5.56 Å². The van der Waals surface area contributed by atoms with E-state index in [-0.39, 0.29) is 18.7 Å². The third kappa shape index (κ3) is 5.71. The van der Waals surface area contributed by atoms with Crippen LogP contribution >= 0.6 is 11.6 Å². The van der Waals surface area contributed by atoms with Gasteiger partial charge in [-0.25, -0.2) is 9.97 Å². The van der Waals surface area contributed by atoms with E-state index < -0.39 is 0 Å². The molecule has 1 aromatic carbocycles. The minimum Gasteiger partial charge on any atom is -0.404 e. The number of aliphatic hydroxyl groups excluding tert-OH is 1. The van der Waals surface area contributed by atoms with Gasteiger partial charge in [-0.1, -0.05) is 17.7 Å². The van der Waals surface area contributed by atoms with E-state index in [1.165, 1.54) is 16.8 Å². The number of nitrogens with one attached hydrogen (secondary N) is 1. The first kappa shape index (κ1) is 24.1. The number of fused-ring (bicyclic) bond motifs is 1. The highest BCUT2D eigenvalue weighted by molar-refractivity contribution is 6.30. The molecule has 4 rings (SSSR count). The maximum absolute atomic E-state index is 11.8. The molecule has 3 aromatic heterocycles. The molecule has 0 fully saturated rings. The Labute approximate surface area is 206 Å². The summed E-state index contributed by atoms with van der Waals surface area (Å²) in [6, 6.07) is 11.0. The van der Waals surface area contributed by atoms with Crippen molar-refractivity contribution in [3.63, 3.8) is 0 Å². The van der Waals surface area contributed by atoms with E-state index in [1.807, 2.05) is 24.3 Å². The number of pyridine rings is 2. The number of aryl methyl sites for hydroxylation is 1. The molecule has 0 aliphatic carbocycles. The quantitative estimate of drug-likeness (QED) is 0.324. The van der Waals surface area contributed by atoms with Crippen molar-refractivity contribution in [1.82, 2.24) is 19.5 Å². The average molecular weight is 490 g/mol. The van der Waals surface area contributed by atoms with E-state index in [1.54, 1.807) is 37.9 Å². The van der Waals surface area contributed by atoms with Gasteiger partial charge in [0.05, 0.1) is 29.3 Å². The molecule has 0 amide bonds. The van der Waals surface area contributed by atoms with E-state index in [9.17, 15) is 4.79 Å². The lowest BCUT2D eigenvalue weighted by Crippen LogP contribution is -2.13. The van der Waals surface area contributed by atoms with Crippen molar-refractivity contribution in [3.8, 4) is 11.1 Å². The number of aromatic nitrogens is 4. The smallest absolute Gasteiger partial charge is 0.250 e. The van der Waals surface area contributed by atoms with Crippen molar-refractivity contribution in [2.75, 3.05) is 18.5 Å². The second-order valence-corrected chi connectivity index (χ2v) is 8.18. The van der Waals surface area contributed by atoms with Crippen molar-refractivity contribution in [2.45, 2.75) is 6.54 Å². The Morgan fingerprint density at radius 1 is 1.20 bits per heavy atom. The summed E-state index contributed by atoms with van der Waals surface area (Å²) in [5.74, 6) is 0.981. The number of aliphatic hydroxyl groups is 1. The van der Waals surface area contributed by atoms with Crippen LogP contribution < -0.4 is 16.6 Å². The zero-order valence-corrected chi connectivity index (χ0v) is 19.8. The van der Waals surface area contributed by atoms with Gasteiger partial charge in [0.1, 0.15) is 5.82 Å². The van der Waals surface area contributed by atoms with Crippen molar-refractivity contribution >= 4 is 40.1 Å². The van der Waals surface area contributed by atoms with Gasteiger partial charge in [-0.3, -0.25) is 14.8 Å². The summed E-state index contributed by atoms with van der Waals surface area (Å²) in [7, 11) is 1.72. The largest absolute Gasteiger partial charge is 0.404 e. The molecule has 4 aromatic rings. The molecule has 0 aliphatic rings. The Balaban J connectivity index is 1.80. The summed E-state index contributed by atoms with van der Waals surface area (Å²) in [6.07, 6.45) is 8.02. The molecule has 0 saturated carbocycles. The molecule has 0 radical (unpaired) electrons. The van der Waals surface area contributed by atoms with Crippen LogP contribution in [0.2, 0.25) is 5.02 Å². The van der Waals surface area contributed by atoms with Gasteiger partial charge >= 0.3 is 0 Å². The highest BCUT2D eigenvalue weighted by atomic mass is 35.5. The van der Waals surface area contributed by atoms with Crippen molar-refractivity contribution in [2.24, 2.45) is 17.8 Å². The zero-order valence-electron chi connectivity index (χ0n) is 19.0. The summed E-state index contributed by atoms with van der Waals surface area (Å²) in [4.78, 5) is 29.5. The van der Waals surface area contributed by atoms with E-state index in [4.69, 9.17) is 27.4 Å². The van der Waals surface area contributed by atoms with Crippen LogP contribution in [0.1, 0.15) is 11.4 Å². The predicted molar refractivity (Wildman–Crippen MR) is 139 cm³/mol. The summed E-state index contributed by atoms with van der Waals surface area (Å²) in [5, 5.41) is 13.7. The molecule has 0 unspecified atom stereocenters. The Morgan fingerprint density at radius 3 is 2.77 bits per heavy atom. The topological polar surface area (TPSA) is 131 Å². The van der Waals surface area contributed by atoms with Crippen LogP contribution in [0.25, 0.3) is 27.6 Å². The van der Waals surface area contributed by atoms with Gasteiger partial charge in [0.15, 0.2) is 5.82 Å². The van der Waals surface area contributed by atoms with E-state index in [2.05, 4.69) is 20.3 Å². The number of rotatable bonds is 8. The van der Waals surface area contributed by atoms with Crippen molar-refractivity contribution < 1.29 is 5.11 Å². The van der Waals surface area contributed by atoms with Gasteiger partial charge in [0, 0.05) is 56.1 Å². The number of aliphatic imine (C=N–C) groups is 1. The highest BCUT2D eigenvalue weighted by Crippen LogP contribution is 2.28. The number of halogens is 1. The standard InChI is InChI=1S/C25H24ClN7O2/c1-33-15-18(3-5-23(33)35)17-2-4-22-21(9-17)25(30-12-16-8-20(26)14-29-11-16)32-24(31-22)19(10-27)13-28-6-7-34/h2-5,8-11,13-15,34H,6-7,12,27H2,1H3,(H,30,31,32). The number of hydrogen-bond donors (Lipinski definition) is 3. The molecule has 178 valence electrons. The Bertz CT molecular complexity index is 1480. The van der Waals surface area contributed by atoms with Gasteiger partial charge in [-0.05, 0) is 41.0 Å². The van der Waals surface area contributed by atoms with Gasteiger partial charge in [-0.15, -0.1) is 0 Å². The maximum Gasteiger partial charge on any atom is 0.250 e. The van der Waals surface area contributed by atoms with Crippen LogP contribution in [0.15, 0.2) is 71.0 Å². The Kier molecular flexibility index (Phi) is 7.49. The van der Waals surface area contributed by atoms with Crippen LogP contribution in [0.5, 0.6) is 0 Å². The molecule has 0 saturated heterocycles. The first-order valence-electron chi connectivity index (χ1n) is 10.8. The lowest BCUT2D eigenvalue weighted by Gasteiger charge is -2.13. The molecule has 3 heterocycles. The molecule has 9 nitrogen and oxygen atoms in total. The fraction of sp³-hybridized carbons (Fsp3) is 0.160. The van der Waals surface area contributed by atoms with Crippen LogP contribution in [0.4, 0.5) is 5.82 Å². The molecule has 35 heavy (non-hydrogen) atoms. The molecular weight excluding hydrogens is 466 g/mol. The number of nitrogens with zero attached hydrogens (tertiary/aromatic N) is 5. The first-order valence-corrected chi connectivity index (χ1v) is 11.2. The van der Waals surface area contributed by atoms with E-state index in [0.29, 0.717) is 34.3 Å². The first-order chi connectivity index (χ1) is 17.0. The van der Waals surface area contributed by atoms with Crippen LogP contribution in [-0.2, 0) is 13.6 Å². The third-order valence-electron chi connectivity index (χ3n) is 5.23. The summed E-state index contributed by atoms with van der Waals surface area (Å²) >= 11 is 6.09. The normalized spacial score (nSPS) is 11.9. The second kappa shape index (κ2) is 10.9. The van der Waals surface area contributed by atoms with Gasteiger partial charge < -0.3 is 20.7 Å². The molecule has 0 atom stereocenters. The molecule has 0 aliphatic heterocycles. The molecule has 0 spiro atoms. The lowest BCUT2D eigenvalue weighted by atomic mass is 10.0. The van der Waals surface area contributed by atoms with E-state index in [0.717, 1.165) is 22.1 Å². The molecular formula is C25H24ClN7O2. The zero-order chi connectivity index (χ0) is 24.8. The Morgan fingerprint density at radius 2 is 2.03 bits per heavy atom. The van der Waals surface area contributed by atoms with Crippen LogP contribution in [0, 0.1) is 0 Å². The number of nitrogens with two attached hydrogens (primary N) is 1. The van der Waals surface area contributed by atoms with Gasteiger partial charge in [0.25, 0.3) is 0 Å². The third-order valence-corrected chi connectivity index (χ3v) is 5.44. The van der Waals surface area contributed by atoms with Crippen LogP contribution in [-0.4, -0.2) is 44.0 Å². The predicted octanol–water partition coefficient (Wildman–Crippen LogP) is 3.02. The van der Waals surface area contributed by atoms with E-state index >= 15 is 0 Å². The molecule has 10 heteroatoms. The van der Waals surface area contributed by atoms with Gasteiger partial charge in [-0.2, -0.15) is 0 Å². The average Bonchev–Trinajstić information content (AvgIpc) is 2.86. The maximum atomic E-state index is 11.8. The van der Waals surface area contributed by atoms with Crippen LogP contribution in [0.3, 0.4) is 0 Å². The van der Waals surface area contributed by atoms with Crippen molar-refractivity contribution in [3.05, 3.63) is 88.0 Å². The number of benzene rings is 1. The Hall–Kier alpha value is -4.08. The fourth-order valence-corrected chi connectivity index (χ4v) is 3.67. The number of anilines is 1. The highest BCUT2D eigenvalue weighted by Gasteiger charge is 2.12. The summed E-state index contributed by atoms with van der Waals surface area (Å²) in [6.45, 7) is 0.617. The number of hydrogen-bond acceptors (Lipinski definition) is 8. The van der Waals surface area contributed by atoms with Crippen molar-refractivity contribution in [1.29, 1.82) is 0 Å².